The molecule has 0 aromatic heterocycles. The first-order valence-electron chi connectivity index (χ1n) is 7.84. The lowest BCUT2D eigenvalue weighted by Crippen LogP contribution is -2.46. The van der Waals surface area contributed by atoms with Gasteiger partial charge in [-0.2, -0.15) is 0 Å². The van der Waals surface area contributed by atoms with Gasteiger partial charge in [0.25, 0.3) is 0 Å². The van der Waals surface area contributed by atoms with Crippen LogP contribution in [0.25, 0.3) is 0 Å². The molecule has 0 amide bonds. The van der Waals surface area contributed by atoms with Crippen molar-refractivity contribution in [3.63, 3.8) is 0 Å². The third-order valence-corrected chi connectivity index (χ3v) is 3.93. The Morgan fingerprint density at radius 2 is 2.19 bits per heavy atom. The minimum Gasteiger partial charge on any atom is -0.388 e. The highest BCUT2D eigenvalue weighted by molar-refractivity contribution is 5.54. The molecule has 0 spiro atoms. The van der Waals surface area contributed by atoms with Crippen LogP contribution in [0.4, 0.5) is 10.1 Å². The van der Waals surface area contributed by atoms with E-state index in [0.717, 1.165) is 37.2 Å². The van der Waals surface area contributed by atoms with Crippen molar-refractivity contribution in [1.29, 1.82) is 0 Å². The number of rotatable bonds is 5. The highest BCUT2D eigenvalue weighted by Crippen LogP contribution is 2.28. The standard InChI is InChI=1S/C17H27FN2O/c1-13(2)10-19-11-14-9-15(18)5-6-16(14)20-8-4-7-17(3,21)12-20/h5-6,9,13,19,21H,4,7-8,10-12H2,1-3H3. The molecule has 1 aromatic carbocycles. The molecule has 118 valence electrons. The molecule has 0 aliphatic carbocycles. The monoisotopic (exact) mass is 294 g/mol. The van der Waals surface area contributed by atoms with E-state index in [9.17, 15) is 9.50 Å². The highest BCUT2D eigenvalue weighted by atomic mass is 19.1. The zero-order valence-corrected chi connectivity index (χ0v) is 13.3. The summed E-state index contributed by atoms with van der Waals surface area (Å²) >= 11 is 0. The summed E-state index contributed by atoms with van der Waals surface area (Å²) in [5.74, 6) is 0.363. The predicted molar refractivity (Wildman–Crippen MR) is 85.0 cm³/mol. The van der Waals surface area contributed by atoms with Crippen LogP contribution in [0.5, 0.6) is 0 Å². The Labute approximate surface area is 127 Å². The van der Waals surface area contributed by atoms with Crippen molar-refractivity contribution in [2.24, 2.45) is 5.92 Å². The average Bonchev–Trinajstić information content (AvgIpc) is 2.37. The van der Waals surface area contributed by atoms with Gasteiger partial charge < -0.3 is 15.3 Å². The largest absolute Gasteiger partial charge is 0.388 e. The molecule has 0 saturated carbocycles. The topological polar surface area (TPSA) is 35.5 Å². The molecule has 1 aromatic rings. The molecule has 21 heavy (non-hydrogen) atoms. The predicted octanol–water partition coefficient (Wildman–Crippen LogP) is 2.92. The summed E-state index contributed by atoms with van der Waals surface area (Å²) in [4.78, 5) is 2.18. The summed E-state index contributed by atoms with van der Waals surface area (Å²) < 4.78 is 13.6. The van der Waals surface area contributed by atoms with E-state index in [1.54, 1.807) is 6.07 Å². The number of piperidine rings is 1. The van der Waals surface area contributed by atoms with Crippen LogP contribution in [0.1, 0.15) is 39.2 Å². The third kappa shape index (κ3) is 4.68. The van der Waals surface area contributed by atoms with Crippen molar-refractivity contribution in [2.75, 3.05) is 24.5 Å². The van der Waals surface area contributed by atoms with E-state index in [0.29, 0.717) is 19.0 Å². The second-order valence-electron chi connectivity index (χ2n) is 6.82. The molecule has 0 bridgehead atoms. The highest BCUT2D eigenvalue weighted by Gasteiger charge is 2.29. The molecule has 1 heterocycles. The summed E-state index contributed by atoms with van der Waals surface area (Å²) in [5.41, 5.74) is 1.34. The van der Waals surface area contributed by atoms with Crippen molar-refractivity contribution in [3.8, 4) is 0 Å². The lowest BCUT2D eigenvalue weighted by molar-refractivity contribution is 0.0449. The van der Waals surface area contributed by atoms with Crippen LogP contribution in [-0.4, -0.2) is 30.3 Å². The molecule has 0 radical (unpaired) electrons. The van der Waals surface area contributed by atoms with E-state index in [4.69, 9.17) is 0 Å². The molecule has 3 nitrogen and oxygen atoms in total. The molecular formula is C17H27FN2O. The Bertz CT molecular complexity index is 474. The van der Waals surface area contributed by atoms with Gasteiger partial charge in [0, 0.05) is 25.3 Å². The fraction of sp³-hybridized carbons (Fsp3) is 0.647. The Hall–Kier alpha value is -1.13. The lowest BCUT2D eigenvalue weighted by atomic mass is 9.94. The van der Waals surface area contributed by atoms with Gasteiger partial charge in [-0.3, -0.25) is 0 Å². The van der Waals surface area contributed by atoms with E-state index in [1.165, 1.54) is 6.07 Å². The van der Waals surface area contributed by atoms with Gasteiger partial charge in [0.2, 0.25) is 0 Å². The minimum atomic E-state index is -0.657. The van der Waals surface area contributed by atoms with Crippen LogP contribution in [0.15, 0.2) is 18.2 Å². The number of benzene rings is 1. The van der Waals surface area contributed by atoms with Crippen molar-refractivity contribution < 1.29 is 9.50 Å². The molecule has 2 N–H and O–H groups in total. The zero-order valence-electron chi connectivity index (χ0n) is 13.3. The first-order valence-corrected chi connectivity index (χ1v) is 7.84. The van der Waals surface area contributed by atoms with Gasteiger partial charge in [-0.1, -0.05) is 13.8 Å². The molecule has 4 heteroatoms. The SMILES string of the molecule is CC(C)CNCc1cc(F)ccc1N1CCCC(C)(O)C1. The Morgan fingerprint density at radius 1 is 1.43 bits per heavy atom. The summed E-state index contributed by atoms with van der Waals surface area (Å²) in [5, 5.41) is 13.6. The fourth-order valence-electron chi connectivity index (χ4n) is 2.93. The number of β-amino-alcohol motifs (C(OH)–C–C–N with tert-alkyl or cyclic N) is 1. The second kappa shape index (κ2) is 6.75. The van der Waals surface area contributed by atoms with Crippen LogP contribution in [-0.2, 0) is 6.54 Å². The van der Waals surface area contributed by atoms with Crippen molar-refractivity contribution in [2.45, 2.75) is 45.8 Å². The Balaban J connectivity index is 2.14. The number of nitrogens with one attached hydrogen (secondary N) is 1. The Kier molecular flexibility index (Phi) is 5.22. The maximum Gasteiger partial charge on any atom is 0.123 e. The van der Waals surface area contributed by atoms with Gasteiger partial charge in [0.1, 0.15) is 5.82 Å². The molecule has 2 rings (SSSR count). The molecule has 1 aliphatic heterocycles. The number of halogens is 1. The first-order chi connectivity index (χ1) is 9.87. The van der Waals surface area contributed by atoms with E-state index in [2.05, 4.69) is 24.1 Å². The first kappa shape index (κ1) is 16.2. The van der Waals surface area contributed by atoms with Crippen LogP contribution >= 0.6 is 0 Å². The molecule has 1 fully saturated rings. The van der Waals surface area contributed by atoms with Gasteiger partial charge in [0.05, 0.1) is 5.60 Å². The second-order valence-corrected chi connectivity index (χ2v) is 6.82. The number of hydrogen-bond donors (Lipinski definition) is 2. The molecule has 1 aliphatic rings. The van der Waals surface area contributed by atoms with Crippen molar-refractivity contribution >= 4 is 5.69 Å². The maximum absolute atomic E-state index is 13.6. The van der Waals surface area contributed by atoms with Gasteiger partial charge in [0.15, 0.2) is 0 Å². The van der Waals surface area contributed by atoms with Gasteiger partial charge in [-0.05, 0) is 56.0 Å². The van der Waals surface area contributed by atoms with Crippen LogP contribution < -0.4 is 10.2 Å². The maximum atomic E-state index is 13.6. The zero-order chi connectivity index (χ0) is 15.5. The van der Waals surface area contributed by atoms with Crippen LogP contribution in [0.3, 0.4) is 0 Å². The van der Waals surface area contributed by atoms with Crippen LogP contribution in [0, 0.1) is 11.7 Å². The molecule has 1 atom stereocenters. The summed E-state index contributed by atoms with van der Waals surface area (Å²) in [6.45, 7) is 9.27. The van der Waals surface area contributed by atoms with E-state index in [1.807, 2.05) is 13.0 Å². The summed E-state index contributed by atoms with van der Waals surface area (Å²) in [6, 6.07) is 4.94. The summed E-state index contributed by atoms with van der Waals surface area (Å²) in [6.07, 6.45) is 1.79. The van der Waals surface area contributed by atoms with Crippen molar-refractivity contribution in [1.82, 2.24) is 5.32 Å². The fourth-order valence-corrected chi connectivity index (χ4v) is 2.93. The molecular weight excluding hydrogens is 267 g/mol. The normalized spacial score (nSPS) is 22.9. The van der Waals surface area contributed by atoms with Crippen molar-refractivity contribution in [3.05, 3.63) is 29.6 Å². The smallest absolute Gasteiger partial charge is 0.123 e. The van der Waals surface area contributed by atoms with Gasteiger partial charge in [-0.25, -0.2) is 4.39 Å². The third-order valence-electron chi connectivity index (χ3n) is 3.93. The van der Waals surface area contributed by atoms with E-state index >= 15 is 0 Å². The molecule has 1 unspecified atom stereocenters. The van der Waals surface area contributed by atoms with Gasteiger partial charge >= 0.3 is 0 Å². The number of anilines is 1. The minimum absolute atomic E-state index is 0.205. The molecule has 1 saturated heterocycles. The number of hydrogen-bond acceptors (Lipinski definition) is 3. The average molecular weight is 294 g/mol. The van der Waals surface area contributed by atoms with Gasteiger partial charge in [-0.15, -0.1) is 0 Å². The lowest BCUT2D eigenvalue weighted by Gasteiger charge is -2.39. The van der Waals surface area contributed by atoms with E-state index in [-0.39, 0.29) is 5.82 Å². The summed E-state index contributed by atoms with van der Waals surface area (Å²) in [7, 11) is 0. The quantitative estimate of drug-likeness (QED) is 0.876. The number of aliphatic hydroxyl groups is 1. The van der Waals surface area contributed by atoms with Crippen LogP contribution in [0.2, 0.25) is 0 Å². The van der Waals surface area contributed by atoms with E-state index < -0.39 is 5.60 Å². The number of nitrogens with zero attached hydrogens (tertiary/aromatic N) is 1. The Morgan fingerprint density at radius 3 is 2.86 bits per heavy atom.